The minimum absolute atomic E-state index is 0.484. The molecular weight excluding hydrogens is 144 g/mol. The molecule has 60 valence electrons. The Morgan fingerprint density at radius 1 is 1.82 bits per heavy atom. The van der Waals surface area contributed by atoms with Crippen LogP contribution >= 0.6 is 0 Å². The second-order valence-corrected chi connectivity index (χ2v) is 2.24. The summed E-state index contributed by atoms with van der Waals surface area (Å²) in [6.07, 6.45) is 0.816. The Kier molecular flexibility index (Phi) is 1.91. The molecule has 5 nitrogen and oxygen atoms in total. The van der Waals surface area contributed by atoms with Gasteiger partial charge in [-0.25, -0.2) is 0 Å². The van der Waals surface area contributed by atoms with Gasteiger partial charge in [-0.15, -0.1) is 0 Å². The molecule has 1 aromatic heterocycles. The summed E-state index contributed by atoms with van der Waals surface area (Å²) in [4.78, 5) is 0. The lowest BCUT2D eigenvalue weighted by Crippen LogP contribution is -2.17. The number of rotatable bonds is 2. The monoisotopic (exact) mass is 154 g/mol. The van der Waals surface area contributed by atoms with Gasteiger partial charge in [0.05, 0.1) is 5.69 Å². The summed E-state index contributed by atoms with van der Waals surface area (Å²) in [6.45, 7) is 1.82. The molecule has 11 heavy (non-hydrogen) atoms. The van der Waals surface area contributed by atoms with Crippen LogP contribution in [0.25, 0.3) is 0 Å². The van der Waals surface area contributed by atoms with Crippen molar-refractivity contribution in [2.75, 3.05) is 5.06 Å². The van der Waals surface area contributed by atoms with Gasteiger partial charge in [0.15, 0.2) is 5.82 Å². The maximum Gasteiger partial charge on any atom is 0.157 e. The molecule has 1 heterocycles. The third kappa shape index (κ3) is 1.38. The molecular formula is C6H10N4O. The molecule has 1 rings (SSSR count). The number of hydrogen-bond donors (Lipinski definition) is 2. The molecule has 0 aliphatic rings. The van der Waals surface area contributed by atoms with Crippen LogP contribution in [-0.2, 0) is 7.05 Å². The van der Waals surface area contributed by atoms with Crippen LogP contribution in [0.15, 0.2) is 6.07 Å². The zero-order valence-electron chi connectivity index (χ0n) is 6.44. The van der Waals surface area contributed by atoms with Crippen LogP contribution in [0.5, 0.6) is 0 Å². The Labute approximate surface area is 64.3 Å². The molecule has 0 amide bonds. The summed E-state index contributed by atoms with van der Waals surface area (Å²) in [5, 5.41) is 20.5. The van der Waals surface area contributed by atoms with Gasteiger partial charge in [0.2, 0.25) is 0 Å². The van der Waals surface area contributed by atoms with E-state index in [0.29, 0.717) is 10.9 Å². The van der Waals surface area contributed by atoms with E-state index in [0.717, 1.165) is 12.0 Å². The fourth-order valence-corrected chi connectivity index (χ4v) is 0.877. The van der Waals surface area contributed by atoms with E-state index in [1.165, 1.54) is 4.68 Å². The highest BCUT2D eigenvalue weighted by Crippen LogP contribution is 2.10. The van der Waals surface area contributed by atoms with E-state index in [1.54, 1.807) is 13.1 Å². The predicted octanol–water partition coefficient (Wildman–Crippen LogP) is 0.531. The molecule has 0 saturated heterocycles. The zero-order valence-corrected chi connectivity index (χ0v) is 6.44. The van der Waals surface area contributed by atoms with Crippen LogP contribution in [0, 0.1) is 12.3 Å². The minimum atomic E-state index is 0.484. The molecule has 5 heteroatoms. The van der Waals surface area contributed by atoms with Crippen LogP contribution in [0.4, 0.5) is 5.82 Å². The maximum absolute atomic E-state index is 9.05. The minimum Gasteiger partial charge on any atom is -0.289 e. The summed E-state index contributed by atoms with van der Waals surface area (Å²) in [6, 6.07) is 1.69. The first kappa shape index (κ1) is 7.74. The highest BCUT2D eigenvalue weighted by Gasteiger charge is 2.05. The van der Waals surface area contributed by atoms with Crippen molar-refractivity contribution >= 4 is 12.2 Å². The first-order valence-corrected chi connectivity index (χ1v) is 3.14. The number of anilines is 1. The summed E-state index contributed by atoms with van der Waals surface area (Å²) >= 11 is 0. The number of aryl methyl sites for hydroxylation is 2. The molecule has 0 spiro atoms. The average Bonchev–Trinajstić information content (AvgIpc) is 2.28. The number of hydroxylamine groups is 1. The molecule has 0 aromatic carbocycles. The highest BCUT2D eigenvalue weighted by molar-refractivity contribution is 5.71. The van der Waals surface area contributed by atoms with Crippen LogP contribution < -0.4 is 5.06 Å². The van der Waals surface area contributed by atoms with Crippen LogP contribution in [0.2, 0.25) is 0 Å². The topological polar surface area (TPSA) is 65.1 Å². The number of aromatic nitrogens is 2. The molecule has 2 N–H and O–H groups in total. The van der Waals surface area contributed by atoms with Crippen molar-refractivity contribution in [3.05, 3.63) is 11.8 Å². The van der Waals surface area contributed by atoms with Crippen molar-refractivity contribution in [1.82, 2.24) is 9.78 Å². The van der Waals surface area contributed by atoms with Crippen LogP contribution in [-0.4, -0.2) is 21.3 Å². The summed E-state index contributed by atoms with van der Waals surface area (Å²) in [5.41, 5.74) is 0.809. The molecule has 0 radical (unpaired) electrons. The second kappa shape index (κ2) is 2.71. The van der Waals surface area contributed by atoms with E-state index in [-0.39, 0.29) is 0 Å². The fraction of sp³-hybridized carbons (Fsp3) is 0.333. The first-order chi connectivity index (χ1) is 5.15. The Balaban J connectivity index is 3.02. The summed E-state index contributed by atoms with van der Waals surface area (Å²) in [7, 11) is 1.70. The molecule has 0 atom stereocenters. The van der Waals surface area contributed by atoms with Gasteiger partial charge in [-0.05, 0) is 6.92 Å². The summed E-state index contributed by atoms with van der Waals surface area (Å²) < 4.78 is 1.50. The smallest absolute Gasteiger partial charge is 0.157 e. The Bertz CT molecular complexity index is 268. The molecule has 1 aromatic rings. The van der Waals surface area contributed by atoms with Crippen molar-refractivity contribution in [2.45, 2.75) is 6.92 Å². The van der Waals surface area contributed by atoms with Crippen LogP contribution in [0.1, 0.15) is 5.69 Å². The van der Waals surface area contributed by atoms with E-state index in [9.17, 15) is 0 Å². The molecule has 0 bridgehead atoms. The Morgan fingerprint density at radius 3 is 2.82 bits per heavy atom. The van der Waals surface area contributed by atoms with Gasteiger partial charge in [0, 0.05) is 13.1 Å². The van der Waals surface area contributed by atoms with Crippen molar-refractivity contribution in [3.63, 3.8) is 0 Å². The van der Waals surface area contributed by atoms with Crippen molar-refractivity contribution in [1.29, 1.82) is 5.41 Å². The second-order valence-electron chi connectivity index (χ2n) is 2.24. The first-order valence-electron chi connectivity index (χ1n) is 3.14. The van der Waals surface area contributed by atoms with Gasteiger partial charge in [-0.2, -0.15) is 10.2 Å². The normalized spacial score (nSPS) is 9.73. The molecule has 0 unspecified atom stereocenters. The highest BCUT2D eigenvalue weighted by atomic mass is 16.5. The van der Waals surface area contributed by atoms with Gasteiger partial charge in [-0.1, -0.05) is 0 Å². The fourth-order valence-electron chi connectivity index (χ4n) is 0.877. The van der Waals surface area contributed by atoms with E-state index in [1.807, 2.05) is 6.92 Å². The van der Waals surface area contributed by atoms with E-state index >= 15 is 0 Å². The lowest BCUT2D eigenvalue weighted by Gasteiger charge is -2.08. The SMILES string of the molecule is Cc1cc(N(O)C=N)n(C)n1. The molecule has 0 aliphatic heterocycles. The van der Waals surface area contributed by atoms with Crippen molar-refractivity contribution in [3.8, 4) is 0 Å². The predicted molar refractivity (Wildman–Crippen MR) is 41.0 cm³/mol. The lowest BCUT2D eigenvalue weighted by molar-refractivity contribution is 0.308. The Hall–Kier alpha value is -1.36. The van der Waals surface area contributed by atoms with E-state index < -0.39 is 0 Å². The summed E-state index contributed by atoms with van der Waals surface area (Å²) in [5.74, 6) is 0.484. The largest absolute Gasteiger partial charge is 0.289 e. The van der Waals surface area contributed by atoms with Crippen LogP contribution in [0.3, 0.4) is 0 Å². The maximum atomic E-state index is 9.05. The molecule has 0 saturated carbocycles. The third-order valence-electron chi connectivity index (χ3n) is 1.33. The molecule has 0 fully saturated rings. The van der Waals surface area contributed by atoms with E-state index in [4.69, 9.17) is 10.6 Å². The van der Waals surface area contributed by atoms with Gasteiger partial charge in [0.25, 0.3) is 0 Å². The van der Waals surface area contributed by atoms with Gasteiger partial charge in [-0.3, -0.25) is 15.3 Å². The van der Waals surface area contributed by atoms with Gasteiger partial charge < -0.3 is 0 Å². The zero-order chi connectivity index (χ0) is 8.43. The third-order valence-corrected chi connectivity index (χ3v) is 1.33. The van der Waals surface area contributed by atoms with E-state index in [2.05, 4.69) is 5.10 Å². The lowest BCUT2D eigenvalue weighted by atomic mass is 10.5. The quantitative estimate of drug-likeness (QED) is 0.371. The number of hydrogen-bond acceptors (Lipinski definition) is 3. The average molecular weight is 154 g/mol. The van der Waals surface area contributed by atoms with Crippen molar-refractivity contribution in [2.24, 2.45) is 7.05 Å². The Morgan fingerprint density at radius 2 is 2.45 bits per heavy atom. The van der Waals surface area contributed by atoms with Gasteiger partial charge in [0.1, 0.15) is 6.34 Å². The standard InChI is InChI=1S/C6H10N4O/c1-5-3-6(9(2)8-5)10(11)4-7/h3-4,7,11H,1-2H3. The molecule has 0 aliphatic carbocycles. The van der Waals surface area contributed by atoms with Gasteiger partial charge >= 0.3 is 0 Å². The van der Waals surface area contributed by atoms with Crippen molar-refractivity contribution < 1.29 is 5.21 Å². The number of nitrogens with zero attached hydrogens (tertiary/aromatic N) is 3. The number of nitrogens with one attached hydrogen (secondary N) is 1.